The Morgan fingerprint density at radius 3 is 2.30 bits per heavy atom. The summed E-state index contributed by atoms with van der Waals surface area (Å²) in [6, 6.07) is 29.6. The van der Waals surface area contributed by atoms with Crippen LogP contribution in [0.4, 0.5) is 5.82 Å². The smallest absolute Gasteiger partial charge is 0.142 e. The number of ether oxygens (including phenoxy) is 1. The van der Waals surface area contributed by atoms with Crippen molar-refractivity contribution >= 4 is 5.82 Å². The molecule has 0 spiro atoms. The molecule has 0 amide bonds. The predicted molar refractivity (Wildman–Crippen MR) is 120 cm³/mol. The molecular weight excluding hydrogens is 370 g/mol. The predicted octanol–water partition coefficient (Wildman–Crippen LogP) is 6.22. The van der Waals surface area contributed by atoms with Crippen molar-refractivity contribution in [3.8, 4) is 40.0 Å². The maximum Gasteiger partial charge on any atom is 0.142 e. The fourth-order valence-electron chi connectivity index (χ4n) is 3.32. The van der Waals surface area contributed by atoms with E-state index in [1.807, 2.05) is 72.8 Å². The highest BCUT2D eigenvalue weighted by Gasteiger charge is 2.14. The van der Waals surface area contributed by atoms with Crippen LogP contribution in [0.15, 0.2) is 84.9 Å². The molecule has 0 aliphatic heterocycles. The quantitative estimate of drug-likeness (QED) is 0.438. The first kappa shape index (κ1) is 19.2. The standard InChI is InChI=1S/C26H21N3O/c1-2-18-11-13-19(14-12-18)25-16-23(24(17-27)26(28)29-25)20-7-6-10-22(15-20)30-21-8-4-3-5-9-21/h3-16H,2H2,1H3,(H2,28,29). The molecule has 0 bridgehead atoms. The van der Waals surface area contributed by atoms with Crippen molar-refractivity contribution in [2.75, 3.05) is 5.73 Å². The van der Waals surface area contributed by atoms with Gasteiger partial charge in [0, 0.05) is 11.1 Å². The number of hydrogen-bond acceptors (Lipinski definition) is 4. The van der Waals surface area contributed by atoms with Crippen LogP contribution < -0.4 is 10.5 Å². The number of rotatable bonds is 5. The Morgan fingerprint density at radius 1 is 0.867 bits per heavy atom. The Balaban J connectivity index is 1.77. The summed E-state index contributed by atoms with van der Waals surface area (Å²) < 4.78 is 5.95. The van der Waals surface area contributed by atoms with E-state index >= 15 is 0 Å². The molecule has 30 heavy (non-hydrogen) atoms. The second-order valence-corrected chi connectivity index (χ2v) is 6.92. The molecule has 0 aliphatic carbocycles. The number of benzene rings is 3. The average Bonchev–Trinajstić information content (AvgIpc) is 2.79. The van der Waals surface area contributed by atoms with Gasteiger partial charge in [-0.05, 0) is 47.9 Å². The maximum absolute atomic E-state index is 9.69. The van der Waals surface area contributed by atoms with Crippen LogP contribution in [0.25, 0.3) is 22.4 Å². The number of pyridine rings is 1. The molecule has 0 fully saturated rings. The molecule has 0 radical (unpaired) electrons. The Bertz CT molecular complexity index is 1210. The number of aromatic nitrogens is 1. The SMILES string of the molecule is CCc1ccc(-c2cc(-c3cccc(Oc4ccccc4)c3)c(C#N)c(N)n2)cc1. The summed E-state index contributed by atoms with van der Waals surface area (Å²) in [5, 5.41) is 9.69. The van der Waals surface area contributed by atoms with Crippen LogP contribution in [0.5, 0.6) is 11.5 Å². The molecule has 4 rings (SSSR count). The summed E-state index contributed by atoms with van der Waals surface area (Å²) in [7, 11) is 0. The Labute approximate surface area is 176 Å². The van der Waals surface area contributed by atoms with Crippen molar-refractivity contribution in [2.45, 2.75) is 13.3 Å². The van der Waals surface area contributed by atoms with E-state index in [-0.39, 0.29) is 5.82 Å². The molecule has 0 saturated heterocycles. The highest BCUT2D eigenvalue weighted by atomic mass is 16.5. The molecule has 4 nitrogen and oxygen atoms in total. The van der Waals surface area contributed by atoms with Gasteiger partial charge in [-0.2, -0.15) is 5.26 Å². The second kappa shape index (κ2) is 8.50. The van der Waals surface area contributed by atoms with E-state index in [1.165, 1.54) is 5.56 Å². The highest BCUT2D eigenvalue weighted by molar-refractivity contribution is 5.80. The first-order chi connectivity index (χ1) is 14.7. The van der Waals surface area contributed by atoms with Crippen LogP contribution in [0, 0.1) is 11.3 Å². The van der Waals surface area contributed by atoms with Crippen LogP contribution in [-0.2, 0) is 6.42 Å². The minimum atomic E-state index is 0.221. The van der Waals surface area contributed by atoms with Gasteiger partial charge in [0.2, 0.25) is 0 Å². The molecule has 1 aromatic heterocycles. The number of aryl methyl sites for hydroxylation is 1. The fraction of sp³-hybridized carbons (Fsp3) is 0.0769. The second-order valence-electron chi connectivity index (χ2n) is 6.92. The van der Waals surface area contributed by atoms with Crippen molar-refractivity contribution in [2.24, 2.45) is 0 Å². The third-order valence-electron chi connectivity index (χ3n) is 4.94. The zero-order valence-corrected chi connectivity index (χ0v) is 16.7. The number of para-hydroxylation sites is 1. The van der Waals surface area contributed by atoms with Gasteiger partial charge in [-0.3, -0.25) is 0 Å². The summed E-state index contributed by atoms with van der Waals surface area (Å²) in [6.07, 6.45) is 0.975. The lowest BCUT2D eigenvalue weighted by Gasteiger charge is -2.12. The number of nitriles is 1. The summed E-state index contributed by atoms with van der Waals surface area (Å²) in [5.41, 5.74) is 11.1. The number of nitrogens with zero attached hydrogens (tertiary/aromatic N) is 2. The monoisotopic (exact) mass is 391 g/mol. The van der Waals surface area contributed by atoms with Crippen LogP contribution >= 0.6 is 0 Å². The zero-order chi connectivity index (χ0) is 20.9. The summed E-state index contributed by atoms with van der Waals surface area (Å²) >= 11 is 0. The minimum absolute atomic E-state index is 0.221. The lowest BCUT2D eigenvalue weighted by atomic mass is 9.98. The summed E-state index contributed by atoms with van der Waals surface area (Å²) in [4.78, 5) is 4.47. The molecule has 0 unspecified atom stereocenters. The van der Waals surface area contributed by atoms with Crippen molar-refractivity contribution in [1.29, 1.82) is 5.26 Å². The van der Waals surface area contributed by atoms with E-state index in [9.17, 15) is 5.26 Å². The highest BCUT2D eigenvalue weighted by Crippen LogP contribution is 2.33. The first-order valence-corrected chi connectivity index (χ1v) is 9.81. The normalized spacial score (nSPS) is 10.4. The lowest BCUT2D eigenvalue weighted by Crippen LogP contribution is -2.00. The fourth-order valence-corrected chi connectivity index (χ4v) is 3.32. The van der Waals surface area contributed by atoms with Gasteiger partial charge in [-0.1, -0.05) is 61.5 Å². The molecule has 2 N–H and O–H groups in total. The molecule has 146 valence electrons. The molecular formula is C26H21N3O. The summed E-state index contributed by atoms with van der Waals surface area (Å²) in [5.74, 6) is 1.66. The van der Waals surface area contributed by atoms with E-state index in [1.54, 1.807) is 0 Å². The summed E-state index contributed by atoms with van der Waals surface area (Å²) in [6.45, 7) is 2.12. The van der Waals surface area contributed by atoms with Gasteiger partial charge in [0.15, 0.2) is 0 Å². The van der Waals surface area contributed by atoms with Crippen molar-refractivity contribution in [3.63, 3.8) is 0 Å². The van der Waals surface area contributed by atoms with Crippen LogP contribution in [0.1, 0.15) is 18.1 Å². The molecule has 3 aromatic carbocycles. The van der Waals surface area contributed by atoms with Gasteiger partial charge < -0.3 is 10.5 Å². The van der Waals surface area contributed by atoms with Crippen molar-refractivity contribution < 1.29 is 4.74 Å². The molecule has 4 aromatic rings. The van der Waals surface area contributed by atoms with E-state index in [4.69, 9.17) is 10.5 Å². The van der Waals surface area contributed by atoms with Gasteiger partial charge >= 0.3 is 0 Å². The number of hydrogen-bond donors (Lipinski definition) is 1. The zero-order valence-electron chi connectivity index (χ0n) is 16.7. The van der Waals surface area contributed by atoms with E-state index in [0.717, 1.165) is 34.6 Å². The van der Waals surface area contributed by atoms with Gasteiger partial charge in [-0.25, -0.2) is 4.98 Å². The molecule has 0 atom stereocenters. The molecule has 0 saturated carbocycles. The number of anilines is 1. The van der Waals surface area contributed by atoms with Crippen LogP contribution in [0.3, 0.4) is 0 Å². The molecule has 1 heterocycles. The van der Waals surface area contributed by atoms with Crippen LogP contribution in [-0.4, -0.2) is 4.98 Å². The molecule has 4 heteroatoms. The van der Waals surface area contributed by atoms with Crippen molar-refractivity contribution in [3.05, 3.63) is 96.1 Å². The maximum atomic E-state index is 9.69. The minimum Gasteiger partial charge on any atom is -0.457 e. The van der Waals surface area contributed by atoms with Gasteiger partial charge in [0.1, 0.15) is 28.9 Å². The van der Waals surface area contributed by atoms with E-state index in [0.29, 0.717) is 11.3 Å². The third kappa shape index (κ3) is 4.01. The van der Waals surface area contributed by atoms with Gasteiger partial charge in [-0.15, -0.1) is 0 Å². The lowest BCUT2D eigenvalue weighted by molar-refractivity contribution is 0.483. The van der Waals surface area contributed by atoms with Crippen molar-refractivity contribution in [1.82, 2.24) is 4.98 Å². The number of nitrogen functional groups attached to an aromatic ring is 1. The van der Waals surface area contributed by atoms with Crippen LogP contribution in [0.2, 0.25) is 0 Å². The Kier molecular flexibility index (Phi) is 5.45. The Hall–Kier alpha value is -4.10. The average molecular weight is 391 g/mol. The molecule has 0 aliphatic rings. The topological polar surface area (TPSA) is 71.9 Å². The first-order valence-electron chi connectivity index (χ1n) is 9.81. The van der Waals surface area contributed by atoms with E-state index < -0.39 is 0 Å². The Morgan fingerprint density at radius 2 is 1.60 bits per heavy atom. The third-order valence-corrected chi connectivity index (χ3v) is 4.94. The van der Waals surface area contributed by atoms with Gasteiger partial charge in [0.05, 0.1) is 5.69 Å². The van der Waals surface area contributed by atoms with Gasteiger partial charge in [0.25, 0.3) is 0 Å². The largest absolute Gasteiger partial charge is 0.457 e. The number of nitrogens with two attached hydrogens (primary N) is 1. The van der Waals surface area contributed by atoms with E-state index in [2.05, 4.69) is 30.1 Å².